The molecule has 0 aliphatic carbocycles. The minimum atomic E-state index is -0.224. The van der Waals surface area contributed by atoms with Crippen LogP contribution in [0.1, 0.15) is 25.0 Å². The highest BCUT2D eigenvalue weighted by molar-refractivity contribution is 7.25. The highest BCUT2D eigenvalue weighted by atomic mass is 32.1. The Kier molecular flexibility index (Phi) is 5.62. The van der Waals surface area contributed by atoms with Crippen LogP contribution >= 0.6 is 11.3 Å². The molecule has 0 atom stereocenters. The molecule has 4 nitrogen and oxygen atoms in total. The maximum atomic E-state index is 6.49. The molecule has 0 amide bonds. The van der Waals surface area contributed by atoms with Crippen LogP contribution < -0.4 is 9.64 Å². The lowest BCUT2D eigenvalue weighted by molar-refractivity contribution is 0.482. The summed E-state index contributed by atoms with van der Waals surface area (Å²) in [6, 6.07) is 40.0. The van der Waals surface area contributed by atoms with E-state index < -0.39 is 0 Å². The van der Waals surface area contributed by atoms with Crippen LogP contribution in [0, 0.1) is 0 Å². The van der Waals surface area contributed by atoms with Crippen molar-refractivity contribution in [3.05, 3.63) is 139 Å². The number of aromatic nitrogens is 2. The van der Waals surface area contributed by atoms with E-state index in [-0.39, 0.29) is 5.41 Å². The monoisotopic (exact) mass is 561 g/mol. The van der Waals surface area contributed by atoms with E-state index in [1.54, 1.807) is 0 Å². The fourth-order valence-electron chi connectivity index (χ4n) is 6.13. The molecular weight excluding hydrogens is 534 g/mol. The van der Waals surface area contributed by atoms with E-state index in [0.717, 1.165) is 39.9 Å². The first-order chi connectivity index (χ1) is 20.6. The molecular formula is C37H27N3OS. The molecule has 0 saturated carbocycles. The van der Waals surface area contributed by atoms with Gasteiger partial charge in [-0.3, -0.25) is 9.88 Å². The van der Waals surface area contributed by atoms with Gasteiger partial charge in [0.15, 0.2) is 0 Å². The molecule has 0 N–H and O–H groups in total. The molecule has 0 spiro atoms. The largest absolute Gasteiger partial charge is 0.457 e. The van der Waals surface area contributed by atoms with Crippen molar-refractivity contribution in [2.75, 3.05) is 4.90 Å². The van der Waals surface area contributed by atoms with E-state index in [1.807, 2.05) is 72.3 Å². The minimum Gasteiger partial charge on any atom is -0.457 e. The summed E-state index contributed by atoms with van der Waals surface area (Å²) in [6.07, 6.45) is 3.67. The van der Waals surface area contributed by atoms with Crippen LogP contribution in [0.3, 0.4) is 0 Å². The maximum absolute atomic E-state index is 6.49. The third-order valence-electron chi connectivity index (χ3n) is 8.20. The van der Waals surface area contributed by atoms with Crippen molar-refractivity contribution in [3.63, 3.8) is 0 Å². The highest BCUT2D eigenvalue weighted by Gasteiger charge is 2.38. The average Bonchev–Trinajstić information content (AvgIpc) is 3.39. The molecule has 202 valence electrons. The summed E-state index contributed by atoms with van der Waals surface area (Å²) in [7, 11) is 0. The van der Waals surface area contributed by atoms with Gasteiger partial charge in [0.25, 0.3) is 0 Å². The van der Waals surface area contributed by atoms with Crippen molar-refractivity contribution in [1.29, 1.82) is 0 Å². The fourth-order valence-corrected chi connectivity index (χ4v) is 7.26. The van der Waals surface area contributed by atoms with E-state index in [0.29, 0.717) is 0 Å². The molecule has 42 heavy (non-hydrogen) atoms. The van der Waals surface area contributed by atoms with Crippen molar-refractivity contribution in [1.82, 2.24) is 9.97 Å². The first-order valence-electron chi connectivity index (χ1n) is 14.1. The van der Waals surface area contributed by atoms with Gasteiger partial charge in [-0.2, -0.15) is 0 Å². The molecule has 0 unspecified atom stereocenters. The Morgan fingerprint density at radius 2 is 1.40 bits per heavy atom. The Morgan fingerprint density at radius 3 is 2.24 bits per heavy atom. The summed E-state index contributed by atoms with van der Waals surface area (Å²) in [4.78, 5) is 11.6. The van der Waals surface area contributed by atoms with Crippen LogP contribution in [0.4, 0.5) is 17.2 Å². The van der Waals surface area contributed by atoms with E-state index in [2.05, 4.69) is 90.5 Å². The number of nitrogens with zero attached hydrogens (tertiary/aromatic N) is 3. The molecule has 0 radical (unpaired) electrons. The van der Waals surface area contributed by atoms with Gasteiger partial charge in [0.1, 0.15) is 17.3 Å². The number of rotatable bonds is 4. The van der Waals surface area contributed by atoms with Gasteiger partial charge >= 0.3 is 0 Å². The Hall–Kier alpha value is -5.00. The summed E-state index contributed by atoms with van der Waals surface area (Å²) in [5.74, 6) is 2.42. The summed E-state index contributed by atoms with van der Waals surface area (Å²) < 4.78 is 9.10. The summed E-state index contributed by atoms with van der Waals surface area (Å²) in [5, 5.41) is 2.56. The topological polar surface area (TPSA) is 38.2 Å². The zero-order valence-electron chi connectivity index (χ0n) is 23.3. The number of pyridine rings is 2. The molecule has 1 aliphatic heterocycles. The van der Waals surface area contributed by atoms with Gasteiger partial charge in [0.2, 0.25) is 0 Å². The van der Waals surface area contributed by atoms with Gasteiger partial charge in [-0.15, -0.1) is 11.3 Å². The van der Waals surface area contributed by atoms with Crippen LogP contribution in [-0.2, 0) is 5.41 Å². The predicted molar refractivity (Wildman–Crippen MR) is 174 cm³/mol. The zero-order valence-corrected chi connectivity index (χ0v) is 24.1. The molecule has 0 bridgehead atoms. The number of hydrogen-bond donors (Lipinski definition) is 0. The van der Waals surface area contributed by atoms with Crippen LogP contribution in [0.15, 0.2) is 128 Å². The third kappa shape index (κ3) is 3.97. The van der Waals surface area contributed by atoms with Crippen molar-refractivity contribution >= 4 is 48.7 Å². The SMILES string of the molecule is CC1(C)c2ccc(Oc3cccc(-c4ccccn4)c3)cc2N(c2ccccn2)c2cc3c(cc21)sc1ccccc13. The molecule has 4 aromatic carbocycles. The maximum Gasteiger partial charge on any atom is 0.137 e. The second-order valence-electron chi connectivity index (χ2n) is 11.1. The molecule has 0 saturated heterocycles. The van der Waals surface area contributed by atoms with E-state index in [4.69, 9.17) is 9.72 Å². The smallest absolute Gasteiger partial charge is 0.137 e. The number of benzene rings is 4. The van der Waals surface area contributed by atoms with Crippen molar-refractivity contribution in [2.45, 2.75) is 19.3 Å². The summed E-state index contributed by atoms with van der Waals surface area (Å²) >= 11 is 1.86. The molecule has 5 heteroatoms. The van der Waals surface area contributed by atoms with Gasteiger partial charge in [-0.1, -0.05) is 62.4 Å². The van der Waals surface area contributed by atoms with Crippen LogP contribution in [0.2, 0.25) is 0 Å². The number of fused-ring (bicyclic) bond motifs is 5. The Bertz CT molecular complexity index is 2100. The molecule has 3 aromatic heterocycles. The van der Waals surface area contributed by atoms with E-state index >= 15 is 0 Å². The van der Waals surface area contributed by atoms with E-state index in [9.17, 15) is 0 Å². The quantitative estimate of drug-likeness (QED) is 0.214. The molecule has 1 aliphatic rings. The molecule has 7 aromatic rings. The lowest BCUT2D eigenvalue weighted by Gasteiger charge is -2.41. The Morgan fingerprint density at radius 1 is 0.619 bits per heavy atom. The normalized spacial score (nSPS) is 13.6. The molecule has 8 rings (SSSR count). The van der Waals surface area contributed by atoms with Gasteiger partial charge in [0, 0.05) is 49.6 Å². The number of hydrogen-bond acceptors (Lipinski definition) is 5. The number of thiophene rings is 1. The van der Waals surface area contributed by atoms with E-state index in [1.165, 1.54) is 31.3 Å². The van der Waals surface area contributed by atoms with Crippen LogP contribution in [0.25, 0.3) is 31.4 Å². The fraction of sp³-hybridized carbons (Fsp3) is 0.0811. The average molecular weight is 562 g/mol. The number of ether oxygens (including phenoxy) is 1. The highest BCUT2D eigenvalue weighted by Crippen LogP contribution is 2.54. The minimum absolute atomic E-state index is 0.224. The Balaban J connectivity index is 1.29. The third-order valence-corrected chi connectivity index (χ3v) is 9.34. The Labute approximate surface area is 248 Å². The first-order valence-corrected chi connectivity index (χ1v) is 14.9. The van der Waals surface area contributed by atoms with Crippen LogP contribution in [0.5, 0.6) is 11.5 Å². The lowest BCUT2D eigenvalue weighted by Crippen LogP contribution is -2.31. The van der Waals surface area contributed by atoms with Gasteiger partial charge in [-0.25, -0.2) is 4.98 Å². The van der Waals surface area contributed by atoms with Crippen molar-refractivity contribution in [2.24, 2.45) is 0 Å². The number of anilines is 3. The van der Waals surface area contributed by atoms with Gasteiger partial charge in [-0.05, 0) is 71.8 Å². The van der Waals surface area contributed by atoms with Gasteiger partial charge in [0.05, 0.1) is 17.1 Å². The second kappa shape index (κ2) is 9.54. The van der Waals surface area contributed by atoms with Gasteiger partial charge < -0.3 is 4.74 Å². The summed E-state index contributed by atoms with van der Waals surface area (Å²) in [6.45, 7) is 4.63. The molecule has 4 heterocycles. The standard InChI is InChI=1S/C37H27N3OS/c1-37(2)29-17-16-26(41-25-11-9-10-24(20-25)31-13-5-7-18-38-31)21-32(29)40(36-15-6-8-19-39-36)33-22-28-27-12-3-4-14-34(27)42-35(28)23-30(33)37/h3-23H,1-2H3. The van der Waals surface area contributed by atoms with Crippen molar-refractivity contribution in [3.8, 4) is 22.8 Å². The predicted octanol–water partition coefficient (Wildman–Crippen LogP) is 10.4. The van der Waals surface area contributed by atoms with Crippen molar-refractivity contribution < 1.29 is 4.74 Å². The lowest BCUT2D eigenvalue weighted by atomic mass is 9.73. The summed E-state index contributed by atoms with van der Waals surface area (Å²) in [5.41, 5.74) is 6.45. The second-order valence-corrected chi connectivity index (χ2v) is 12.2. The zero-order chi connectivity index (χ0) is 28.3. The van der Waals surface area contributed by atoms with Crippen LogP contribution in [-0.4, -0.2) is 9.97 Å². The molecule has 0 fully saturated rings. The first kappa shape index (κ1) is 24.8.